The molecule has 0 spiro atoms. The third kappa shape index (κ3) is 1.44. The standard InChI is InChI=1S/C7H10N2O3/c1-5-6(8-10)3-2-4-7(5)9(11)12/h10H,2-4H2,1H3/b8-6-. The molecule has 0 aromatic carbocycles. The topological polar surface area (TPSA) is 75.7 Å². The van der Waals surface area contributed by atoms with Crippen LogP contribution in [0.4, 0.5) is 0 Å². The van der Waals surface area contributed by atoms with Crippen LogP contribution in [0.3, 0.4) is 0 Å². The lowest BCUT2D eigenvalue weighted by molar-refractivity contribution is -0.429. The van der Waals surface area contributed by atoms with Crippen molar-refractivity contribution in [3.05, 3.63) is 21.4 Å². The molecule has 1 aliphatic carbocycles. The summed E-state index contributed by atoms with van der Waals surface area (Å²) in [6.45, 7) is 1.62. The average Bonchev–Trinajstić information content (AvgIpc) is 2.04. The molecule has 0 amide bonds. The summed E-state index contributed by atoms with van der Waals surface area (Å²) in [5, 5.41) is 21.9. The predicted molar refractivity (Wildman–Crippen MR) is 42.8 cm³/mol. The Kier molecular flexibility index (Phi) is 2.42. The Morgan fingerprint density at radius 1 is 1.58 bits per heavy atom. The molecule has 0 unspecified atom stereocenters. The van der Waals surface area contributed by atoms with Gasteiger partial charge < -0.3 is 5.21 Å². The van der Waals surface area contributed by atoms with Crippen LogP contribution in [0.2, 0.25) is 0 Å². The van der Waals surface area contributed by atoms with Crippen molar-refractivity contribution in [2.75, 3.05) is 0 Å². The normalized spacial score (nSPS) is 21.6. The van der Waals surface area contributed by atoms with Crippen LogP contribution in [0, 0.1) is 10.1 Å². The minimum atomic E-state index is -0.403. The van der Waals surface area contributed by atoms with Crippen LogP contribution in [0.25, 0.3) is 0 Å². The van der Waals surface area contributed by atoms with Crippen LogP contribution in [0.15, 0.2) is 16.4 Å². The van der Waals surface area contributed by atoms with Crippen molar-refractivity contribution in [2.45, 2.75) is 26.2 Å². The first-order chi connectivity index (χ1) is 5.66. The Morgan fingerprint density at radius 3 is 2.75 bits per heavy atom. The zero-order valence-electron chi connectivity index (χ0n) is 6.78. The van der Waals surface area contributed by atoms with E-state index < -0.39 is 4.92 Å². The SMILES string of the molecule is CC1=C([N+](=O)[O-])CCC/C1=N/O. The van der Waals surface area contributed by atoms with Gasteiger partial charge in [-0.2, -0.15) is 0 Å². The van der Waals surface area contributed by atoms with Crippen molar-refractivity contribution in [3.8, 4) is 0 Å². The first-order valence-corrected chi connectivity index (χ1v) is 3.72. The quantitative estimate of drug-likeness (QED) is 0.368. The van der Waals surface area contributed by atoms with Gasteiger partial charge in [0.2, 0.25) is 0 Å². The summed E-state index contributed by atoms with van der Waals surface area (Å²) in [4.78, 5) is 10.0. The van der Waals surface area contributed by atoms with Gasteiger partial charge >= 0.3 is 0 Å². The summed E-state index contributed by atoms with van der Waals surface area (Å²) in [5.74, 6) is 0. The van der Waals surface area contributed by atoms with Gasteiger partial charge in [0, 0.05) is 12.0 Å². The van der Waals surface area contributed by atoms with E-state index >= 15 is 0 Å². The Morgan fingerprint density at radius 2 is 2.25 bits per heavy atom. The second kappa shape index (κ2) is 3.34. The second-order valence-corrected chi connectivity index (χ2v) is 2.73. The van der Waals surface area contributed by atoms with Gasteiger partial charge in [-0.25, -0.2) is 0 Å². The fraction of sp³-hybridized carbons (Fsp3) is 0.571. The highest BCUT2D eigenvalue weighted by atomic mass is 16.6. The predicted octanol–water partition coefficient (Wildman–Crippen LogP) is 1.55. The highest BCUT2D eigenvalue weighted by Gasteiger charge is 2.23. The highest BCUT2D eigenvalue weighted by Crippen LogP contribution is 2.22. The van der Waals surface area contributed by atoms with Gasteiger partial charge in [0.25, 0.3) is 5.70 Å². The number of hydrogen-bond acceptors (Lipinski definition) is 4. The summed E-state index contributed by atoms with van der Waals surface area (Å²) < 4.78 is 0. The summed E-state index contributed by atoms with van der Waals surface area (Å²) >= 11 is 0. The van der Waals surface area contributed by atoms with Crippen molar-refractivity contribution in [3.63, 3.8) is 0 Å². The summed E-state index contributed by atoms with van der Waals surface area (Å²) in [5.41, 5.74) is 1.12. The molecule has 12 heavy (non-hydrogen) atoms. The minimum absolute atomic E-state index is 0.175. The lowest BCUT2D eigenvalue weighted by atomic mass is 9.96. The Bertz CT molecular complexity index is 268. The van der Waals surface area contributed by atoms with E-state index in [4.69, 9.17) is 5.21 Å². The van der Waals surface area contributed by atoms with Crippen LogP contribution in [-0.2, 0) is 0 Å². The highest BCUT2D eigenvalue weighted by molar-refractivity contribution is 6.00. The lowest BCUT2D eigenvalue weighted by Crippen LogP contribution is -2.14. The first-order valence-electron chi connectivity index (χ1n) is 3.72. The third-order valence-electron chi connectivity index (χ3n) is 2.03. The van der Waals surface area contributed by atoms with Gasteiger partial charge in [-0.1, -0.05) is 5.16 Å². The van der Waals surface area contributed by atoms with Crippen molar-refractivity contribution in [1.82, 2.24) is 0 Å². The smallest absolute Gasteiger partial charge is 0.251 e. The van der Waals surface area contributed by atoms with Gasteiger partial charge in [-0.15, -0.1) is 0 Å². The van der Waals surface area contributed by atoms with E-state index in [1.54, 1.807) is 6.92 Å². The largest absolute Gasteiger partial charge is 0.411 e. The Balaban J connectivity index is 3.03. The van der Waals surface area contributed by atoms with Crippen LogP contribution in [0.1, 0.15) is 26.2 Å². The molecule has 0 saturated heterocycles. The molecule has 0 aromatic heterocycles. The number of rotatable bonds is 1. The molecule has 0 fully saturated rings. The molecule has 5 nitrogen and oxygen atoms in total. The molecule has 0 saturated carbocycles. The summed E-state index contributed by atoms with van der Waals surface area (Å²) in [6.07, 6.45) is 1.78. The van der Waals surface area contributed by atoms with Crippen molar-refractivity contribution in [1.29, 1.82) is 0 Å². The number of nitrogens with zero attached hydrogens (tertiary/aromatic N) is 2. The van der Waals surface area contributed by atoms with Crippen molar-refractivity contribution >= 4 is 5.71 Å². The van der Waals surface area contributed by atoms with E-state index in [9.17, 15) is 10.1 Å². The lowest BCUT2D eigenvalue weighted by Gasteiger charge is -2.11. The molecule has 1 N–H and O–H groups in total. The monoisotopic (exact) mass is 170 g/mol. The van der Waals surface area contributed by atoms with Crippen LogP contribution in [0.5, 0.6) is 0 Å². The molecule has 0 bridgehead atoms. The molecule has 5 heteroatoms. The van der Waals surface area contributed by atoms with Gasteiger partial charge in [0.15, 0.2) is 0 Å². The van der Waals surface area contributed by atoms with Crippen LogP contribution < -0.4 is 0 Å². The van der Waals surface area contributed by atoms with Crippen molar-refractivity contribution in [2.24, 2.45) is 5.16 Å². The maximum absolute atomic E-state index is 10.4. The van der Waals surface area contributed by atoms with E-state index in [1.807, 2.05) is 0 Å². The van der Waals surface area contributed by atoms with Crippen molar-refractivity contribution < 1.29 is 10.1 Å². The van der Waals surface area contributed by atoms with Crippen LogP contribution in [-0.4, -0.2) is 15.8 Å². The number of hydrogen-bond donors (Lipinski definition) is 1. The van der Waals surface area contributed by atoms with E-state index in [2.05, 4.69) is 5.16 Å². The Labute approximate surface area is 69.5 Å². The second-order valence-electron chi connectivity index (χ2n) is 2.73. The molecule has 1 aliphatic rings. The maximum atomic E-state index is 10.4. The zero-order chi connectivity index (χ0) is 9.14. The number of nitro groups is 1. The third-order valence-corrected chi connectivity index (χ3v) is 2.03. The fourth-order valence-corrected chi connectivity index (χ4v) is 1.32. The molecule has 1 rings (SSSR count). The zero-order valence-corrected chi connectivity index (χ0v) is 6.78. The summed E-state index contributed by atoms with van der Waals surface area (Å²) in [6, 6.07) is 0. The Hall–Kier alpha value is -1.39. The van der Waals surface area contributed by atoms with Gasteiger partial charge in [-0.3, -0.25) is 10.1 Å². The summed E-state index contributed by atoms with van der Waals surface area (Å²) in [7, 11) is 0. The minimum Gasteiger partial charge on any atom is -0.411 e. The fourth-order valence-electron chi connectivity index (χ4n) is 1.32. The van der Waals surface area contributed by atoms with E-state index in [-0.39, 0.29) is 5.70 Å². The molecule has 0 aliphatic heterocycles. The number of allylic oxidation sites excluding steroid dienone is 2. The average molecular weight is 170 g/mol. The van der Waals surface area contributed by atoms with Crippen LogP contribution >= 0.6 is 0 Å². The molecule has 0 radical (unpaired) electrons. The van der Waals surface area contributed by atoms with E-state index in [0.717, 1.165) is 0 Å². The first kappa shape index (κ1) is 8.70. The molecule has 0 atom stereocenters. The van der Waals surface area contributed by atoms with E-state index in [1.165, 1.54) is 0 Å². The maximum Gasteiger partial charge on any atom is 0.251 e. The van der Waals surface area contributed by atoms with Gasteiger partial charge in [0.1, 0.15) is 0 Å². The molecule has 0 aromatic rings. The van der Waals surface area contributed by atoms with E-state index in [0.29, 0.717) is 30.5 Å². The molecule has 0 heterocycles. The molecular weight excluding hydrogens is 160 g/mol. The molecule has 66 valence electrons. The van der Waals surface area contributed by atoms with Gasteiger partial charge in [0.05, 0.1) is 10.6 Å². The molecular formula is C7H10N2O3. The number of oxime groups is 1. The van der Waals surface area contributed by atoms with Gasteiger partial charge in [-0.05, 0) is 19.8 Å².